The number of benzene rings is 1. The molecule has 6 heteroatoms. The Morgan fingerprint density at radius 1 is 1.23 bits per heavy atom. The molecule has 1 saturated carbocycles. The summed E-state index contributed by atoms with van der Waals surface area (Å²) in [4.78, 5) is 31.6. The Morgan fingerprint density at radius 2 is 1.92 bits per heavy atom. The first-order valence-electron chi connectivity index (χ1n) is 9.01. The molecular formula is C20H25N3O2S. The van der Waals surface area contributed by atoms with Gasteiger partial charge in [-0.3, -0.25) is 9.59 Å². The van der Waals surface area contributed by atoms with Gasteiger partial charge in [0, 0.05) is 11.6 Å². The molecule has 0 atom stereocenters. The van der Waals surface area contributed by atoms with Gasteiger partial charge in [0.15, 0.2) is 0 Å². The highest BCUT2D eigenvalue weighted by Gasteiger charge is 2.31. The molecule has 0 aliphatic heterocycles. The molecule has 0 spiro atoms. The van der Waals surface area contributed by atoms with Crippen molar-refractivity contribution in [2.75, 3.05) is 6.54 Å². The van der Waals surface area contributed by atoms with Gasteiger partial charge in [0.2, 0.25) is 5.91 Å². The number of nitrogens with two attached hydrogens (primary N) is 1. The van der Waals surface area contributed by atoms with Gasteiger partial charge in [-0.2, -0.15) is 0 Å². The Labute approximate surface area is 158 Å². The van der Waals surface area contributed by atoms with E-state index >= 15 is 0 Å². The summed E-state index contributed by atoms with van der Waals surface area (Å²) in [6.45, 7) is 5.94. The Hall–Kier alpha value is -2.21. The second-order valence-corrected chi connectivity index (χ2v) is 8.09. The summed E-state index contributed by atoms with van der Waals surface area (Å²) in [5, 5.41) is 0.841. The molecule has 5 nitrogen and oxygen atoms in total. The molecule has 1 aliphatic rings. The maximum Gasteiger partial charge on any atom is 0.266 e. The lowest BCUT2D eigenvalue weighted by atomic mass is 10.1. The fourth-order valence-electron chi connectivity index (χ4n) is 3.64. The molecule has 138 valence electrons. The zero-order chi connectivity index (χ0) is 18.8. The van der Waals surface area contributed by atoms with E-state index in [0.717, 1.165) is 41.8 Å². The Balaban J connectivity index is 1.93. The first-order chi connectivity index (χ1) is 12.4. The standard InChI is InChI=1S/C20H25N3O2S/c1-12-8-9-16(13(2)10-12)19-22-14(3)18(26-19)20(25)23(11-17(21)24)15-6-4-5-7-15/h8-10,15H,4-7,11H2,1-3H3,(H2,21,24). The van der Waals surface area contributed by atoms with Gasteiger partial charge in [0.05, 0.1) is 12.2 Å². The summed E-state index contributed by atoms with van der Waals surface area (Å²) in [7, 11) is 0. The third kappa shape index (κ3) is 3.80. The number of carbonyl (C=O) groups is 2. The van der Waals surface area contributed by atoms with E-state index in [-0.39, 0.29) is 18.5 Å². The normalized spacial score (nSPS) is 14.6. The number of nitrogens with zero attached hydrogens (tertiary/aromatic N) is 2. The molecule has 3 rings (SSSR count). The lowest BCUT2D eigenvalue weighted by molar-refractivity contribution is -0.119. The van der Waals surface area contributed by atoms with Gasteiger partial charge in [-0.15, -0.1) is 11.3 Å². The quantitative estimate of drug-likeness (QED) is 0.872. The SMILES string of the molecule is Cc1ccc(-c2nc(C)c(C(=O)N(CC(N)=O)C3CCCC3)s2)c(C)c1. The van der Waals surface area contributed by atoms with Gasteiger partial charge >= 0.3 is 0 Å². The van der Waals surface area contributed by atoms with E-state index in [4.69, 9.17) is 5.73 Å². The molecule has 1 heterocycles. The van der Waals surface area contributed by atoms with E-state index < -0.39 is 5.91 Å². The average Bonchev–Trinajstić information content (AvgIpc) is 3.21. The Kier molecular flexibility index (Phi) is 5.41. The number of carbonyl (C=O) groups excluding carboxylic acids is 2. The number of hydrogen-bond acceptors (Lipinski definition) is 4. The Morgan fingerprint density at radius 3 is 2.54 bits per heavy atom. The molecule has 2 N–H and O–H groups in total. The van der Waals surface area contributed by atoms with E-state index in [0.29, 0.717) is 10.6 Å². The minimum absolute atomic E-state index is 0.0280. The number of amides is 2. The molecule has 1 fully saturated rings. The molecule has 1 aromatic carbocycles. The van der Waals surface area contributed by atoms with Crippen LogP contribution >= 0.6 is 11.3 Å². The van der Waals surface area contributed by atoms with Gasteiger partial charge in [-0.25, -0.2) is 4.98 Å². The van der Waals surface area contributed by atoms with Crippen molar-refractivity contribution in [1.82, 2.24) is 9.88 Å². The average molecular weight is 372 g/mol. The van der Waals surface area contributed by atoms with E-state index in [1.807, 2.05) is 6.92 Å². The maximum absolute atomic E-state index is 13.2. The highest BCUT2D eigenvalue weighted by Crippen LogP contribution is 2.33. The summed E-state index contributed by atoms with van der Waals surface area (Å²) < 4.78 is 0. The van der Waals surface area contributed by atoms with Crippen LogP contribution in [0.25, 0.3) is 10.6 Å². The maximum atomic E-state index is 13.2. The van der Waals surface area contributed by atoms with Crippen molar-refractivity contribution >= 4 is 23.2 Å². The van der Waals surface area contributed by atoms with Crippen molar-refractivity contribution in [1.29, 1.82) is 0 Å². The first-order valence-corrected chi connectivity index (χ1v) is 9.82. The van der Waals surface area contributed by atoms with Crippen LogP contribution in [0.3, 0.4) is 0 Å². The van der Waals surface area contributed by atoms with Crippen molar-refractivity contribution in [3.8, 4) is 10.6 Å². The third-order valence-electron chi connectivity index (χ3n) is 4.96. The monoisotopic (exact) mass is 371 g/mol. The number of aromatic nitrogens is 1. The van der Waals surface area contributed by atoms with Crippen LogP contribution < -0.4 is 5.73 Å². The summed E-state index contributed by atoms with van der Waals surface area (Å²) in [5.41, 5.74) is 9.50. The van der Waals surface area contributed by atoms with Crippen LogP contribution in [0.2, 0.25) is 0 Å². The molecule has 2 amide bonds. The molecule has 1 aromatic heterocycles. The number of thiazole rings is 1. The van der Waals surface area contributed by atoms with Gasteiger partial charge in [0.1, 0.15) is 9.88 Å². The largest absolute Gasteiger partial charge is 0.368 e. The lowest BCUT2D eigenvalue weighted by Gasteiger charge is -2.27. The van der Waals surface area contributed by atoms with Crippen molar-refractivity contribution < 1.29 is 9.59 Å². The van der Waals surface area contributed by atoms with Crippen molar-refractivity contribution in [2.45, 2.75) is 52.5 Å². The van der Waals surface area contributed by atoms with Crippen LogP contribution in [-0.2, 0) is 4.79 Å². The summed E-state index contributed by atoms with van der Waals surface area (Å²) >= 11 is 1.40. The predicted molar refractivity (Wildman–Crippen MR) is 104 cm³/mol. The second-order valence-electron chi connectivity index (χ2n) is 7.09. The second kappa shape index (κ2) is 7.58. The van der Waals surface area contributed by atoms with Crippen molar-refractivity contribution in [3.05, 3.63) is 39.9 Å². The molecule has 1 aliphatic carbocycles. The number of primary amides is 1. The van der Waals surface area contributed by atoms with Gasteiger partial charge in [-0.1, -0.05) is 36.6 Å². The minimum atomic E-state index is -0.470. The number of hydrogen-bond donors (Lipinski definition) is 1. The van der Waals surface area contributed by atoms with Crippen LogP contribution in [0, 0.1) is 20.8 Å². The van der Waals surface area contributed by atoms with E-state index in [9.17, 15) is 9.59 Å². The predicted octanol–water partition coefficient (Wildman–Crippen LogP) is 3.61. The molecule has 0 bridgehead atoms. The fourth-order valence-corrected chi connectivity index (χ4v) is 4.76. The highest BCUT2D eigenvalue weighted by atomic mass is 32.1. The van der Waals surface area contributed by atoms with Crippen LogP contribution in [0.4, 0.5) is 0 Å². The summed E-state index contributed by atoms with van der Waals surface area (Å²) in [6, 6.07) is 6.32. The zero-order valence-corrected chi connectivity index (χ0v) is 16.4. The molecular weight excluding hydrogens is 346 g/mol. The summed E-state index contributed by atoms with van der Waals surface area (Å²) in [6.07, 6.45) is 4.03. The summed E-state index contributed by atoms with van der Waals surface area (Å²) in [5.74, 6) is -0.594. The molecule has 0 radical (unpaired) electrons. The first kappa shape index (κ1) is 18.6. The molecule has 0 unspecified atom stereocenters. The smallest absolute Gasteiger partial charge is 0.266 e. The van der Waals surface area contributed by atoms with E-state index in [1.165, 1.54) is 16.9 Å². The topological polar surface area (TPSA) is 76.3 Å². The molecule has 2 aromatic rings. The van der Waals surface area contributed by atoms with Crippen LogP contribution in [0.5, 0.6) is 0 Å². The van der Waals surface area contributed by atoms with Crippen LogP contribution in [-0.4, -0.2) is 34.3 Å². The van der Waals surface area contributed by atoms with Gasteiger partial charge in [-0.05, 0) is 39.2 Å². The van der Waals surface area contributed by atoms with E-state index in [1.54, 1.807) is 4.90 Å². The minimum Gasteiger partial charge on any atom is -0.368 e. The van der Waals surface area contributed by atoms with Crippen LogP contribution in [0.1, 0.15) is 52.2 Å². The Bertz CT molecular complexity index is 838. The van der Waals surface area contributed by atoms with E-state index in [2.05, 4.69) is 37.0 Å². The lowest BCUT2D eigenvalue weighted by Crippen LogP contribution is -2.44. The van der Waals surface area contributed by atoms with Gasteiger partial charge < -0.3 is 10.6 Å². The van der Waals surface area contributed by atoms with Crippen LogP contribution in [0.15, 0.2) is 18.2 Å². The number of aryl methyl sites for hydroxylation is 3. The fraction of sp³-hybridized carbons (Fsp3) is 0.450. The van der Waals surface area contributed by atoms with Gasteiger partial charge in [0.25, 0.3) is 5.91 Å². The highest BCUT2D eigenvalue weighted by molar-refractivity contribution is 7.17. The third-order valence-corrected chi connectivity index (χ3v) is 6.13. The van der Waals surface area contributed by atoms with Crippen molar-refractivity contribution in [2.24, 2.45) is 5.73 Å². The zero-order valence-electron chi connectivity index (χ0n) is 15.5. The molecule has 0 saturated heterocycles. The number of rotatable bonds is 5. The molecule has 26 heavy (non-hydrogen) atoms. The van der Waals surface area contributed by atoms with Crippen molar-refractivity contribution in [3.63, 3.8) is 0 Å².